The van der Waals surface area contributed by atoms with E-state index < -0.39 is 11.5 Å². The first-order valence-corrected chi connectivity index (χ1v) is 4.92. The summed E-state index contributed by atoms with van der Waals surface area (Å²) >= 11 is 0. The van der Waals surface area contributed by atoms with Gasteiger partial charge in [-0.1, -0.05) is 22.7 Å². The van der Waals surface area contributed by atoms with Crippen LogP contribution in [0.4, 0.5) is 10.2 Å². The molecule has 0 unspecified atom stereocenters. The van der Waals surface area contributed by atoms with Crippen molar-refractivity contribution in [2.45, 2.75) is 0 Å². The highest BCUT2D eigenvalue weighted by Crippen LogP contribution is 2.14. The normalized spacial score (nSPS) is 9.94. The Morgan fingerprint density at radius 3 is 2.53 bits per heavy atom. The Labute approximate surface area is 96.3 Å². The Hall–Kier alpha value is -2.43. The lowest BCUT2D eigenvalue weighted by atomic mass is 10.2. The van der Waals surface area contributed by atoms with Gasteiger partial charge in [0.25, 0.3) is 5.91 Å². The molecule has 1 N–H and O–H groups in total. The highest BCUT2D eigenvalue weighted by Gasteiger charge is 2.17. The number of aromatic nitrogens is 1. The maximum atomic E-state index is 13.7. The molecular formula is C12H9FN2O2. The minimum absolute atomic E-state index is 0.0510. The molecule has 0 atom stereocenters. The third-order valence-corrected chi connectivity index (χ3v) is 2.18. The van der Waals surface area contributed by atoms with E-state index in [4.69, 9.17) is 0 Å². The Morgan fingerprint density at radius 1 is 1.18 bits per heavy atom. The van der Waals surface area contributed by atoms with Crippen LogP contribution >= 0.6 is 0 Å². The number of nitrogens with zero attached hydrogens (tertiary/aromatic N) is 1. The zero-order valence-corrected chi connectivity index (χ0v) is 8.76. The van der Waals surface area contributed by atoms with E-state index in [-0.39, 0.29) is 16.4 Å². The van der Waals surface area contributed by atoms with Crippen LogP contribution < -0.4 is 10.7 Å². The number of benzene rings is 1. The molecule has 5 heteroatoms. The average Bonchev–Trinajstić information content (AvgIpc) is 2.38. The van der Waals surface area contributed by atoms with Crippen molar-refractivity contribution in [2.24, 2.45) is 0 Å². The number of pyridine rings is 1. The van der Waals surface area contributed by atoms with Gasteiger partial charge >= 0.3 is 0 Å². The first-order chi connectivity index (χ1) is 8.18. The third kappa shape index (κ3) is 2.39. The van der Waals surface area contributed by atoms with Crippen LogP contribution in [0.25, 0.3) is 0 Å². The summed E-state index contributed by atoms with van der Waals surface area (Å²) in [5.74, 6) is -0.809. The van der Waals surface area contributed by atoms with Gasteiger partial charge in [0.1, 0.15) is 0 Å². The number of halogens is 1. The number of hydrogen-bond acceptors (Lipinski definition) is 2. The number of H-pyrrole nitrogens is 1. The standard InChI is InChI=1S/C12H9FN2O2/c13-15(10-6-7-14-11(16)8-10)12(17)9-4-2-1-3-5-9/h1-8H,(H,14,16). The Balaban J connectivity index is 2.30. The summed E-state index contributed by atoms with van der Waals surface area (Å²) in [4.78, 5) is 25.0. The number of anilines is 1. The van der Waals surface area contributed by atoms with Gasteiger partial charge in [-0.2, -0.15) is 0 Å². The highest BCUT2D eigenvalue weighted by molar-refractivity contribution is 6.04. The van der Waals surface area contributed by atoms with Crippen molar-refractivity contribution in [3.05, 3.63) is 64.6 Å². The van der Waals surface area contributed by atoms with Crippen LogP contribution in [0.2, 0.25) is 0 Å². The van der Waals surface area contributed by atoms with Crippen LogP contribution in [-0.2, 0) is 0 Å². The first-order valence-electron chi connectivity index (χ1n) is 4.92. The Bertz CT molecular complexity index is 580. The van der Waals surface area contributed by atoms with E-state index >= 15 is 0 Å². The number of nitrogens with one attached hydrogen (secondary N) is 1. The van der Waals surface area contributed by atoms with Crippen LogP contribution in [0.5, 0.6) is 0 Å². The summed E-state index contributed by atoms with van der Waals surface area (Å²) in [6.45, 7) is 0. The van der Waals surface area contributed by atoms with E-state index in [9.17, 15) is 14.1 Å². The van der Waals surface area contributed by atoms with Gasteiger partial charge in [-0.05, 0) is 18.2 Å². The molecule has 0 aliphatic carbocycles. The fraction of sp³-hybridized carbons (Fsp3) is 0. The maximum absolute atomic E-state index is 13.7. The summed E-state index contributed by atoms with van der Waals surface area (Å²) in [5.41, 5.74) is -0.344. The molecule has 1 aromatic heterocycles. The molecule has 0 spiro atoms. The molecule has 1 heterocycles. The van der Waals surface area contributed by atoms with Gasteiger partial charge in [0.05, 0.1) is 5.69 Å². The van der Waals surface area contributed by atoms with Gasteiger partial charge in [0.15, 0.2) is 0 Å². The highest BCUT2D eigenvalue weighted by atomic mass is 19.2. The molecule has 1 aromatic carbocycles. The topological polar surface area (TPSA) is 53.2 Å². The van der Waals surface area contributed by atoms with E-state index in [1.807, 2.05) is 0 Å². The minimum atomic E-state index is -0.809. The van der Waals surface area contributed by atoms with Crippen LogP contribution in [-0.4, -0.2) is 10.9 Å². The molecule has 1 amide bonds. The van der Waals surface area contributed by atoms with Gasteiger partial charge in [0.2, 0.25) is 5.56 Å². The summed E-state index contributed by atoms with van der Waals surface area (Å²) < 4.78 is 13.7. The van der Waals surface area contributed by atoms with Gasteiger partial charge in [-0.15, -0.1) is 5.12 Å². The van der Waals surface area contributed by atoms with Gasteiger partial charge in [-0.25, -0.2) is 0 Å². The monoisotopic (exact) mass is 232 g/mol. The van der Waals surface area contributed by atoms with E-state index in [0.29, 0.717) is 0 Å². The predicted molar refractivity (Wildman–Crippen MR) is 61.4 cm³/mol. The first kappa shape index (κ1) is 11.1. The Morgan fingerprint density at radius 2 is 1.88 bits per heavy atom. The summed E-state index contributed by atoms with van der Waals surface area (Å²) in [7, 11) is 0. The number of carbonyl (C=O) groups excluding carboxylic acids is 1. The van der Waals surface area contributed by atoms with E-state index in [1.165, 1.54) is 24.4 Å². The van der Waals surface area contributed by atoms with Crippen LogP contribution in [0.3, 0.4) is 0 Å². The van der Waals surface area contributed by atoms with Crippen molar-refractivity contribution < 1.29 is 9.28 Å². The molecular weight excluding hydrogens is 223 g/mol. The third-order valence-electron chi connectivity index (χ3n) is 2.18. The molecule has 0 radical (unpaired) electrons. The minimum Gasteiger partial charge on any atom is -0.329 e. The molecule has 0 saturated carbocycles. The summed E-state index contributed by atoms with van der Waals surface area (Å²) in [5, 5.41) is -0.0510. The molecule has 17 heavy (non-hydrogen) atoms. The fourth-order valence-corrected chi connectivity index (χ4v) is 1.37. The maximum Gasteiger partial charge on any atom is 0.286 e. The van der Waals surface area contributed by atoms with Crippen LogP contribution in [0.15, 0.2) is 53.5 Å². The number of rotatable bonds is 2. The van der Waals surface area contributed by atoms with E-state index in [2.05, 4.69) is 4.98 Å². The fourth-order valence-electron chi connectivity index (χ4n) is 1.37. The molecule has 4 nitrogen and oxygen atoms in total. The van der Waals surface area contributed by atoms with Crippen molar-refractivity contribution in [3.63, 3.8) is 0 Å². The molecule has 2 rings (SSSR count). The van der Waals surface area contributed by atoms with Crippen molar-refractivity contribution >= 4 is 11.6 Å². The number of aromatic amines is 1. The largest absolute Gasteiger partial charge is 0.329 e. The van der Waals surface area contributed by atoms with Crippen molar-refractivity contribution in [3.8, 4) is 0 Å². The Kier molecular flexibility index (Phi) is 3.00. The SMILES string of the molecule is O=C(c1ccccc1)N(F)c1cc[nH]c(=O)c1. The smallest absolute Gasteiger partial charge is 0.286 e. The van der Waals surface area contributed by atoms with Crippen molar-refractivity contribution in [1.82, 2.24) is 4.98 Å². The molecule has 0 fully saturated rings. The van der Waals surface area contributed by atoms with Gasteiger partial charge in [0, 0.05) is 17.8 Å². The van der Waals surface area contributed by atoms with Crippen molar-refractivity contribution in [1.29, 1.82) is 0 Å². The van der Waals surface area contributed by atoms with Crippen LogP contribution in [0, 0.1) is 0 Å². The summed E-state index contributed by atoms with van der Waals surface area (Å²) in [6, 6.07) is 10.3. The zero-order chi connectivity index (χ0) is 12.3. The number of amides is 1. The van der Waals surface area contributed by atoms with Crippen molar-refractivity contribution in [2.75, 3.05) is 5.12 Å². The molecule has 0 saturated heterocycles. The predicted octanol–water partition coefficient (Wildman–Crippen LogP) is 1.91. The van der Waals surface area contributed by atoms with Gasteiger partial charge < -0.3 is 4.98 Å². The second-order valence-corrected chi connectivity index (χ2v) is 3.36. The average molecular weight is 232 g/mol. The lowest BCUT2D eigenvalue weighted by molar-refractivity contribution is 0.0931. The molecule has 0 bridgehead atoms. The van der Waals surface area contributed by atoms with Crippen LogP contribution in [0.1, 0.15) is 10.4 Å². The van der Waals surface area contributed by atoms with Gasteiger partial charge in [-0.3, -0.25) is 9.59 Å². The van der Waals surface area contributed by atoms with E-state index in [1.54, 1.807) is 18.2 Å². The number of carbonyl (C=O) groups is 1. The molecule has 0 aliphatic rings. The molecule has 0 aliphatic heterocycles. The molecule has 2 aromatic rings. The lowest BCUT2D eigenvalue weighted by Crippen LogP contribution is -2.23. The van der Waals surface area contributed by atoms with E-state index in [0.717, 1.165) is 6.07 Å². The second-order valence-electron chi connectivity index (χ2n) is 3.36. The second kappa shape index (κ2) is 4.61. The number of hydrogen-bond donors (Lipinski definition) is 1. The lowest BCUT2D eigenvalue weighted by Gasteiger charge is -2.11. The summed E-state index contributed by atoms with van der Waals surface area (Å²) in [6.07, 6.45) is 1.28. The zero-order valence-electron chi connectivity index (χ0n) is 8.76. The quantitative estimate of drug-likeness (QED) is 0.804. The molecule has 86 valence electrons.